The zero-order chi connectivity index (χ0) is 15.1. The number of benzene rings is 1. The number of carbonyl (C=O) groups excluding carboxylic acids is 2. The molecule has 1 atom stereocenters. The van der Waals surface area contributed by atoms with E-state index in [1.807, 2.05) is 0 Å². The minimum atomic E-state index is -0.499. The van der Waals surface area contributed by atoms with Crippen LogP contribution in [0.25, 0.3) is 0 Å². The predicted molar refractivity (Wildman–Crippen MR) is 75.3 cm³/mol. The second-order valence-corrected chi connectivity index (χ2v) is 4.70. The van der Waals surface area contributed by atoms with Crippen molar-refractivity contribution in [2.24, 2.45) is 0 Å². The summed E-state index contributed by atoms with van der Waals surface area (Å²) in [4.78, 5) is 23.1. The van der Waals surface area contributed by atoms with E-state index in [1.54, 1.807) is 24.3 Å². The molecular weight excluding hydrogens is 274 g/mol. The quantitative estimate of drug-likeness (QED) is 0.796. The van der Waals surface area contributed by atoms with E-state index >= 15 is 0 Å². The zero-order valence-corrected chi connectivity index (χ0v) is 12.0. The summed E-state index contributed by atoms with van der Waals surface area (Å²) in [5.74, 6) is -0.389. The molecule has 0 radical (unpaired) electrons. The first-order valence-corrected chi connectivity index (χ1v) is 6.89. The van der Waals surface area contributed by atoms with Crippen LogP contribution in [0.4, 0.5) is 0 Å². The first-order valence-electron chi connectivity index (χ1n) is 6.89. The Hall–Kier alpha value is -2.08. The van der Waals surface area contributed by atoms with Crippen molar-refractivity contribution in [3.05, 3.63) is 29.8 Å². The first kappa shape index (κ1) is 15.3. The van der Waals surface area contributed by atoms with E-state index < -0.39 is 5.97 Å². The maximum absolute atomic E-state index is 12.1. The molecule has 1 fully saturated rings. The second-order valence-electron chi connectivity index (χ2n) is 4.70. The van der Waals surface area contributed by atoms with E-state index in [9.17, 15) is 9.59 Å². The lowest BCUT2D eigenvalue weighted by Gasteiger charge is -2.14. The number of hydrogen-bond donors (Lipinski definition) is 1. The summed E-state index contributed by atoms with van der Waals surface area (Å²) >= 11 is 0. The lowest BCUT2D eigenvalue weighted by molar-refractivity contribution is -0.139. The highest BCUT2D eigenvalue weighted by atomic mass is 16.5. The normalized spacial score (nSPS) is 17.3. The fourth-order valence-electron chi connectivity index (χ4n) is 2.06. The molecule has 1 aromatic carbocycles. The van der Waals surface area contributed by atoms with Crippen molar-refractivity contribution < 1.29 is 23.8 Å². The van der Waals surface area contributed by atoms with E-state index in [0.717, 1.165) is 19.4 Å². The molecule has 1 saturated heterocycles. The summed E-state index contributed by atoms with van der Waals surface area (Å²) in [7, 11) is 1.27. The van der Waals surface area contributed by atoms with Crippen LogP contribution in [0.1, 0.15) is 23.2 Å². The summed E-state index contributed by atoms with van der Waals surface area (Å²) in [6.07, 6.45) is 2.09. The molecule has 0 aromatic heterocycles. The van der Waals surface area contributed by atoms with Crippen molar-refractivity contribution in [2.75, 3.05) is 26.9 Å². The zero-order valence-electron chi connectivity index (χ0n) is 12.0. The molecule has 0 bridgehead atoms. The third-order valence-electron chi connectivity index (χ3n) is 3.20. The largest absolute Gasteiger partial charge is 0.490 e. The number of rotatable bonds is 6. The molecule has 6 heteroatoms. The number of ether oxygens (including phenoxy) is 3. The van der Waals surface area contributed by atoms with Crippen LogP contribution in [0.3, 0.4) is 0 Å². The lowest BCUT2D eigenvalue weighted by atomic mass is 10.2. The van der Waals surface area contributed by atoms with Gasteiger partial charge in [0.05, 0.1) is 18.8 Å². The average molecular weight is 293 g/mol. The van der Waals surface area contributed by atoms with Crippen LogP contribution in [0, 0.1) is 0 Å². The Labute approximate surface area is 123 Å². The van der Waals surface area contributed by atoms with E-state index in [2.05, 4.69) is 10.1 Å². The van der Waals surface area contributed by atoms with E-state index in [-0.39, 0.29) is 18.6 Å². The Balaban J connectivity index is 1.94. The van der Waals surface area contributed by atoms with Crippen LogP contribution in [-0.4, -0.2) is 44.8 Å². The summed E-state index contributed by atoms with van der Waals surface area (Å²) in [6, 6.07) is 6.91. The number of nitrogens with one attached hydrogen (secondary N) is 1. The number of methoxy groups -OCH3 is 1. The predicted octanol–water partition coefficient (Wildman–Crippen LogP) is 1.15. The van der Waals surface area contributed by atoms with Crippen molar-refractivity contribution in [3.63, 3.8) is 0 Å². The van der Waals surface area contributed by atoms with Crippen molar-refractivity contribution in [1.82, 2.24) is 5.32 Å². The minimum Gasteiger partial charge on any atom is -0.490 e. The molecule has 0 aliphatic carbocycles. The van der Waals surface area contributed by atoms with Gasteiger partial charge in [-0.3, -0.25) is 9.59 Å². The number of esters is 1. The molecule has 1 aliphatic rings. The molecule has 114 valence electrons. The monoisotopic (exact) mass is 293 g/mol. The number of carbonyl (C=O) groups is 2. The Morgan fingerprint density at radius 2 is 2.19 bits per heavy atom. The molecule has 1 aliphatic heterocycles. The molecule has 21 heavy (non-hydrogen) atoms. The molecule has 1 N–H and O–H groups in total. The second kappa shape index (κ2) is 7.64. The smallest absolute Gasteiger partial charge is 0.325 e. The van der Waals surface area contributed by atoms with Gasteiger partial charge in [-0.15, -0.1) is 0 Å². The van der Waals surface area contributed by atoms with Crippen LogP contribution in [-0.2, 0) is 14.3 Å². The number of amides is 1. The summed E-state index contributed by atoms with van der Waals surface area (Å²) in [5.41, 5.74) is 0.388. The van der Waals surface area contributed by atoms with Gasteiger partial charge >= 0.3 is 5.97 Å². The highest BCUT2D eigenvalue weighted by molar-refractivity contribution is 5.98. The molecule has 0 spiro atoms. The third-order valence-corrected chi connectivity index (χ3v) is 3.20. The molecule has 1 heterocycles. The minimum absolute atomic E-state index is 0.0798. The van der Waals surface area contributed by atoms with E-state index in [1.165, 1.54) is 7.11 Å². The average Bonchev–Trinajstić information content (AvgIpc) is 3.04. The first-order chi connectivity index (χ1) is 10.2. The van der Waals surface area contributed by atoms with Crippen molar-refractivity contribution in [3.8, 4) is 5.75 Å². The van der Waals surface area contributed by atoms with Gasteiger partial charge < -0.3 is 19.5 Å². The summed E-state index contributed by atoms with van der Waals surface area (Å²) in [6.45, 7) is 1.01. The molecule has 1 amide bonds. The lowest BCUT2D eigenvalue weighted by Crippen LogP contribution is -2.30. The van der Waals surface area contributed by atoms with Crippen LogP contribution in [0.15, 0.2) is 24.3 Å². The van der Waals surface area contributed by atoms with Gasteiger partial charge in [0, 0.05) is 6.61 Å². The van der Waals surface area contributed by atoms with E-state index in [0.29, 0.717) is 17.9 Å². The molecule has 2 rings (SSSR count). The fourth-order valence-corrected chi connectivity index (χ4v) is 2.06. The van der Waals surface area contributed by atoms with Gasteiger partial charge in [0.2, 0.25) is 0 Å². The topological polar surface area (TPSA) is 73.9 Å². The maximum atomic E-state index is 12.1. The highest BCUT2D eigenvalue weighted by Gasteiger charge is 2.18. The Morgan fingerprint density at radius 1 is 1.38 bits per heavy atom. The van der Waals surface area contributed by atoms with Gasteiger partial charge in [0.25, 0.3) is 5.91 Å². The third kappa shape index (κ3) is 4.46. The summed E-state index contributed by atoms with van der Waals surface area (Å²) < 4.78 is 15.6. The fraction of sp³-hybridized carbons (Fsp3) is 0.467. The summed E-state index contributed by atoms with van der Waals surface area (Å²) in [5, 5.41) is 2.49. The van der Waals surface area contributed by atoms with Gasteiger partial charge in [-0.25, -0.2) is 0 Å². The maximum Gasteiger partial charge on any atom is 0.325 e. The number of para-hydroxylation sites is 1. The van der Waals surface area contributed by atoms with Gasteiger partial charge in [0.1, 0.15) is 18.9 Å². The number of hydrogen-bond acceptors (Lipinski definition) is 5. The molecule has 6 nitrogen and oxygen atoms in total. The Morgan fingerprint density at radius 3 is 2.90 bits per heavy atom. The SMILES string of the molecule is COC(=O)CNC(=O)c1ccccc1OC[C@@H]1CCCO1. The van der Waals surface area contributed by atoms with Crippen LogP contribution in [0.2, 0.25) is 0 Å². The van der Waals surface area contributed by atoms with Crippen molar-refractivity contribution in [1.29, 1.82) is 0 Å². The van der Waals surface area contributed by atoms with Gasteiger partial charge in [-0.1, -0.05) is 12.1 Å². The van der Waals surface area contributed by atoms with Gasteiger partial charge in [-0.05, 0) is 25.0 Å². The molecular formula is C15H19NO5. The molecule has 1 aromatic rings. The Bertz CT molecular complexity index is 497. The van der Waals surface area contributed by atoms with Crippen LogP contribution in [0.5, 0.6) is 5.75 Å². The Kier molecular flexibility index (Phi) is 5.57. The van der Waals surface area contributed by atoms with Gasteiger partial charge in [0.15, 0.2) is 0 Å². The molecule has 0 unspecified atom stereocenters. The van der Waals surface area contributed by atoms with Crippen LogP contribution >= 0.6 is 0 Å². The highest BCUT2D eigenvalue weighted by Crippen LogP contribution is 2.20. The van der Waals surface area contributed by atoms with Crippen molar-refractivity contribution >= 4 is 11.9 Å². The standard InChI is InChI=1S/C15H19NO5/c1-19-14(17)9-16-15(18)12-6-2-3-7-13(12)21-10-11-5-4-8-20-11/h2-3,6-7,11H,4-5,8-10H2,1H3,(H,16,18)/t11-/m0/s1. The molecule has 0 saturated carbocycles. The van der Waals surface area contributed by atoms with E-state index in [4.69, 9.17) is 9.47 Å². The van der Waals surface area contributed by atoms with Crippen LogP contribution < -0.4 is 10.1 Å². The van der Waals surface area contributed by atoms with Gasteiger partial charge in [-0.2, -0.15) is 0 Å². The van der Waals surface area contributed by atoms with Crippen molar-refractivity contribution in [2.45, 2.75) is 18.9 Å².